The van der Waals surface area contributed by atoms with Crippen LogP contribution in [0.1, 0.15) is 28.4 Å². The van der Waals surface area contributed by atoms with Gasteiger partial charge in [-0.1, -0.05) is 36.4 Å². The number of carbonyl (C=O) groups excluding carboxylic acids is 1. The molecule has 2 aromatic heterocycles. The monoisotopic (exact) mass is 499 g/mol. The first-order chi connectivity index (χ1) is 17.4. The number of rotatable bonds is 7. The Morgan fingerprint density at radius 1 is 1.00 bits per heavy atom. The summed E-state index contributed by atoms with van der Waals surface area (Å²) in [6, 6.07) is 21.3. The van der Waals surface area contributed by atoms with Gasteiger partial charge in [-0.15, -0.1) is 0 Å². The maximum Gasteiger partial charge on any atom is 0.338 e. The summed E-state index contributed by atoms with van der Waals surface area (Å²) in [6.45, 7) is 3.93. The topological polar surface area (TPSA) is 92.4 Å². The third-order valence-electron chi connectivity index (χ3n) is 6.16. The standard InChI is InChI=1S/C28H25N3O4S/c1-3-35-28(32)22-10-12-24(13-11-22)36(33,34)31(18-20-8-9-21-14-15-29-26(21)16-20)27-19(2)25-7-5-4-6-23(25)17-30-27/h4-17,29H,3,18H2,1-2H3. The van der Waals surface area contributed by atoms with E-state index in [2.05, 4.69) is 9.97 Å². The average molecular weight is 500 g/mol. The number of anilines is 1. The van der Waals surface area contributed by atoms with Gasteiger partial charge in [0.05, 0.1) is 23.6 Å². The number of nitrogens with one attached hydrogen (secondary N) is 1. The number of ether oxygens (including phenoxy) is 1. The van der Waals surface area contributed by atoms with Crippen LogP contribution in [0.4, 0.5) is 5.82 Å². The molecule has 36 heavy (non-hydrogen) atoms. The van der Waals surface area contributed by atoms with Crippen molar-refractivity contribution in [3.8, 4) is 0 Å². The highest BCUT2D eigenvalue weighted by Crippen LogP contribution is 2.31. The lowest BCUT2D eigenvalue weighted by molar-refractivity contribution is 0.0526. The van der Waals surface area contributed by atoms with E-state index in [1.165, 1.54) is 28.6 Å². The lowest BCUT2D eigenvalue weighted by Crippen LogP contribution is -2.32. The van der Waals surface area contributed by atoms with Gasteiger partial charge < -0.3 is 9.72 Å². The number of H-pyrrole nitrogens is 1. The molecule has 0 aliphatic carbocycles. The molecule has 1 N–H and O–H groups in total. The summed E-state index contributed by atoms with van der Waals surface area (Å²) in [6.07, 6.45) is 3.54. The quantitative estimate of drug-likeness (QED) is 0.295. The fraction of sp³-hybridized carbons (Fsp3) is 0.143. The van der Waals surface area contributed by atoms with Crippen molar-refractivity contribution >= 4 is 43.5 Å². The minimum atomic E-state index is -4.03. The summed E-state index contributed by atoms with van der Waals surface area (Å²) < 4.78 is 34.4. The number of hydrogen-bond donors (Lipinski definition) is 1. The van der Waals surface area contributed by atoms with Crippen LogP contribution in [0.2, 0.25) is 0 Å². The van der Waals surface area contributed by atoms with Gasteiger partial charge in [0.1, 0.15) is 5.82 Å². The molecule has 0 bridgehead atoms. The van der Waals surface area contributed by atoms with Crippen molar-refractivity contribution in [2.24, 2.45) is 0 Å². The maximum atomic E-state index is 14.0. The number of fused-ring (bicyclic) bond motifs is 2. The molecule has 3 aromatic carbocycles. The van der Waals surface area contributed by atoms with E-state index in [9.17, 15) is 13.2 Å². The first kappa shape index (κ1) is 23.6. The Kier molecular flexibility index (Phi) is 6.20. The first-order valence-electron chi connectivity index (χ1n) is 11.6. The van der Waals surface area contributed by atoms with Crippen LogP contribution in [0.15, 0.2) is 90.1 Å². The Morgan fingerprint density at radius 3 is 2.56 bits per heavy atom. The zero-order chi connectivity index (χ0) is 25.3. The summed E-state index contributed by atoms with van der Waals surface area (Å²) >= 11 is 0. The van der Waals surface area contributed by atoms with Gasteiger partial charge in [0, 0.05) is 28.9 Å². The number of hydrogen-bond acceptors (Lipinski definition) is 5. The second-order valence-electron chi connectivity index (χ2n) is 8.45. The Bertz CT molecular complexity index is 1670. The van der Waals surface area contributed by atoms with Crippen LogP contribution < -0.4 is 4.31 Å². The van der Waals surface area contributed by atoms with Crippen molar-refractivity contribution in [2.75, 3.05) is 10.9 Å². The van der Waals surface area contributed by atoms with Gasteiger partial charge in [-0.3, -0.25) is 0 Å². The molecule has 5 aromatic rings. The fourth-order valence-electron chi connectivity index (χ4n) is 4.29. The molecule has 2 heterocycles. The molecule has 0 spiro atoms. The van der Waals surface area contributed by atoms with Crippen LogP contribution in [0.3, 0.4) is 0 Å². The van der Waals surface area contributed by atoms with Crippen LogP contribution in [-0.2, 0) is 21.3 Å². The summed E-state index contributed by atoms with van der Waals surface area (Å²) in [5.74, 6) is -0.139. The van der Waals surface area contributed by atoms with Gasteiger partial charge in [0.25, 0.3) is 10.0 Å². The number of nitrogens with zero attached hydrogens (tertiary/aromatic N) is 2. The predicted octanol–water partition coefficient (Wildman–Crippen LogP) is 5.60. The van der Waals surface area contributed by atoms with Gasteiger partial charge in [0.2, 0.25) is 0 Å². The van der Waals surface area contributed by atoms with Crippen molar-refractivity contribution in [1.82, 2.24) is 9.97 Å². The molecular weight excluding hydrogens is 474 g/mol. The van der Waals surface area contributed by atoms with Gasteiger partial charge in [-0.25, -0.2) is 22.5 Å². The Balaban J connectivity index is 1.61. The van der Waals surface area contributed by atoms with Gasteiger partial charge in [0.15, 0.2) is 0 Å². The van der Waals surface area contributed by atoms with Crippen LogP contribution in [-0.4, -0.2) is 31.0 Å². The molecule has 0 fully saturated rings. The molecule has 7 nitrogen and oxygen atoms in total. The lowest BCUT2D eigenvalue weighted by Gasteiger charge is -2.26. The number of aromatic amines is 1. The van der Waals surface area contributed by atoms with Crippen LogP contribution in [0.25, 0.3) is 21.7 Å². The van der Waals surface area contributed by atoms with Crippen LogP contribution >= 0.6 is 0 Å². The molecule has 0 unspecified atom stereocenters. The molecule has 5 rings (SSSR count). The summed E-state index contributed by atoms with van der Waals surface area (Å²) in [4.78, 5) is 19.9. The van der Waals surface area contributed by atoms with Gasteiger partial charge in [-0.2, -0.15) is 0 Å². The molecule has 0 aliphatic rings. The Morgan fingerprint density at radius 2 is 1.78 bits per heavy atom. The maximum absolute atomic E-state index is 14.0. The Labute approximate surface area is 209 Å². The zero-order valence-corrected chi connectivity index (χ0v) is 20.7. The first-order valence-corrected chi connectivity index (χ1v) is 13.0. The molecule has 0 saturated heterocycles. The SMILES string of the molecule is CCOC(=O)c1ccc(S(=O)(=O)N(Cc2ccc3cc[nH]c3c2)c2ncc3ccccc3c2C)cc1. The predicted molar refractivity (Wildman–Crippen MR) is 141 cm³/mol. The van der Waals surface area contributed by atoms with E-state index in [0.717, 1.165) is 32.8 Å². The van der Waals surface area contributed by atoms with Crippen molar-refractivity contribution < 1.29 is 17.9 Å². The van der Waals surface area contributed by atoms with E-state index in [-0.39, 0.29) is 18.0 Å². The second-order valence-corrected chi connectivity index (χ2v) is 10.3. The number of benzene rings is 3. The smallest absolute Gasteiger partial charge is 0.338 e. The van der Waals surface area contributed by atoms with E-state index in [0.29, 0.717) is 11.4 Å². The number of aromatic nitrogens is 2. The van der Waals surface area contributed by atoms with Crippen molar-refractivity contribution in [2.45, 2.75) is 25.3 Å². The third kappa shape index (κ3) is 4.31. The molecule has 0 atom stereocenters. The lowest BCUT2D eigenvalue weighted by atomic mass is 10.1. The van der Waals surface area contributed by atoms with Gasteiger partial charge in [-0.05, 0) is 66.6 Å². The number of aryl methyl sites for hydroxylation is 1. The number of carbonyl (C=O) groups is 1. The largest absolute Gasteiger partial charge is 0.462 e. The van der Waals surface area contributed by atoms with Crippen LogP contribution in [0, 0.1) is 6.92 Å². The molecule has 0 aliphatic heterocycles. The normalized spacial score (nSPS) is 11.6. The van der Waals surface area contributed by atoms with E-state index in [1.54, 1.807) is 13.1 Å². The molecule has 0 radical (unpaired) electrons. The molecule has 0 amide bonds. The minimum absolute atomic E-state index is 0.0610. The van der Waals surface area contributed by atoms with E-state index >= 15 is 0 Å². The zero-order valence-electron chi connectivity index (χ0n) is 19.9. The number of sulfonamides is 1. The second kappa shape index (κ2) is 9.47. The Hall–Kier alpha value is -4.17. The molecule has 8 heteroatoms. The minimum Gasteiger partial charge on any atom is -0.462 e. The number of esters is 1. The van der Waals surface area contributed by atoms with E-state index in [4.69, 9.17) is 4.74 Å². The molecule has 0 saturated carbocycles. The van der Waals surface area contributed by atoms with Crippen molar-refractivity contribution in [1.29, 1.82) is 0 Å². The summed E-state index contributed by atoms with van der Waals surface area (Å²) in [5, 5.41) is 2.91. The van der Waals surface area contributed by atoms with Crippen LogP contribution in [0.5, 0.6) is 0 Å². The molecular formula is C28H25N3O4S. The highest BCUT2D eigenvalue weighted by Gasteiger charge is 2.28. The summed E-state index contributed by atoms with van der Waals surface area (Å²) in [5.41, 5.74) is 2.79. The highest BCUT2D eigenvalue weighted by molar-refractivity contribution is 7.92. The summed E-state index contributed by atoms with van der Waals surface area (Å²) in [7, 11) is -4.03. The fourth-order valence-corrected chi connectivity index (χ4v) is 5.75. The molecule has 182 valence electrons. The third-order valence-corrected chi connectivity index (χ3v) is 7.91. The van der Waals surface area contributed by atoms with E-state index in [1.807, 2.05) is 61.7 Å². The van der Waals surface area contributed by atoms with Crippen molar-refractivity contribution in [3.63, 3.8) is 0 Å². The van der Waals surface area contributed by atoms with E-state index < -0.39 is 16.0 Å². The van der Waals surface area contributed by atoms with Crippen molar-refractivity contribution in [3.05, 3.63) is 102 Å². The highest BCUT2D eigenvalue weighted by atomic mass is 32.2. The number of pyridine rings is 1. The van der Waals surface area contributed by atoms with Gasteiger partial charge >= 0.3 is 5.97 Å². The average Bonchev–Trinajstić information content (AvgIpc) is 3.36.